The van der Waals surface area contributed by atoms with E-state index >= 15 is 0 Å². The van der Waals surface area contributed by atoms with E-state index in [0.29, 0.717) is 18.8 Å². The van der Waals surface area contributed by atoms with Crippen LogP contribution in [0.1, 0.15) is 11.1 Å². The number of carbonyl (C=O) groups is 1. The maximum Gasteiger partial charge on any atom is 0.416 e. The maximum absolute atomic E-state index is 12.9. The lowest BCUT2D eigenvalue weighted by Crippen LogP contribution is -2.49. The van der Waals surface area contributed by atoms with Gasteiger partial charge in [-0.25, -0.2) is 8.42 Å². The molecule has 4 rings (SSSR count). The number of ether oxygens (including phenoxy) is 1. The van der Waals surface area contributed by atoms with Gasteiger partial charge in [-0.05, 0) is 48.0 Å². The molecule has 3 aromatic rings. The minimum absolute atomic E-state index is 0.155. The molecule has 0 saturated carbocycles. The van der Waals surface area contributed by atoms with Crippen molar-refractivity contribution >= 4 is 21.6 Å². The van der Waals surface area contributed by atoms with Gasteiger partial charge in [0.05, 0.1) is 10.5 Å². The molecule has 1 saturated heterocycles. The molecule has 0 aliphatic carbocycles. The predicted molar refractivity (Wildman–Crippen MR) is 132 cm³/mol. The fourth-order valence-electron chi connectivity index (χ4n) is 3.92. The fourth-order valence-corrected chi connectivity index (χ4v) is 4.97. The molecule has 196 valence electrons. The van der Waals surface area contributed by atoms with Crippen molar-refractivity contribution in [2.45, 2.75) is 17.6 Å². The second-order valence-corrected chi connectivity index (χ2v) is 10.3. The predicted octanol–water partition coefficient (Wildman–Crippen LogP) is 4.23. The maximum atomic E-state index is 12.9. The van der Waals surface area contributed by atoms with Crippen LogP contribution in [0.15, 0.2) is 83.8 Å². The zero-order valence-corrected chi connectivity index (χ0v) is 20.6. The molecule has 3 aromatic carbocycles. The number of piperazine rings is 1. The van der Waals surface area contributed by atoms with E-state index in [4.69, 9.17) is 4.74 Å². The molecule has 7 nitrogen and oxygen atoms in total. The highest BCUT2D eigenvalue weighted by Crippen LogP contribution is 2.31. The monoisotopic (exact) mass is 533 g/mol. The number of benzene rings is 3. The largest absolute Gasteiger partial charge is 0.484 e. The van der Waals surface area contributed by atoms with Crippen LogP contribution in [-0.2, 0) is 27.5 Å². The molecule has 0 spiro atoms. The lowest BCUT2D eigenvalue weighted by atomic mass is 10.2. The van der Waals surface area contributed by atoms with Crippen LogP contribution in [0.4, 0.5) is 18.9 Å². The van der Waals surface area contributed by atoms with Crippen LogP contribution in [0, 0.1) is 0 Å². The van der Waals surface area contributed by atoms with Crippen LogP contribution in [0.3, 0.4) is 0 Å². The van der Waals surface area contributed by atoms with Crippen molar-refractivity contribution in [1.29, 1.82) is 0 Å². The summed E-state index contributed by atoms with van der Waals surface area (Å²) < 4.78 is 71.5. The molecule has 1 heterocycles. The third kappa shape index (κ3) is 7.23. The second-order valence-electron chi connectivity index (χ2n) is 8.59. The van der Waals surface area contributed by atoms with E-state index in [9.17, 15) is 26.4 Å². The van der Waals surface area contributed by atoms with E-state index in [2.05, 4.69) is 21.8 Å². The van der Waals surface area contributed by atoms with Crippen LogP contribution < -0.4 is 9.46 Å². The van der Waals surface area contributed by atoms with Crippen molar-refractivity contribution in [2.24, 2.45) is 0 Å². The molecule has 0 unspecified atom stereocenters. The van der Waals surface area contributed by atoms with E-state index in [0.717, 1.165) is 37.8 Å². The molecule has 1 fully saturated rings. The Hall–Kier alpha value is -3.57. The third-order valence-corrected chi connectivity index (χ3v) is 7.31. The van der Waals surface area contributed by atoms with E-state index in [1.54, 1.807) is 4.90 Å². The van der Waals surface area contributed by atoms with Gasteiger partial charge < -0.3 is 9.64 Å². The average molecular weight is 534 g/mol. The van der Waals surface area contributed by atoms with Gasteiger partial charge in [0.2, 0.25) is 0 Å². The normalized spacial score (nSPS) is 14.8. The molecular weight excluding hydrogens is 507 g/mol. The summed E-state index contributed by atoms with van der Waals surface area (Å²) in [6, 6.07) is 19.4. The molecule has 0 bridgehead atoms. The summed E-state index contributed by atoms with van der Waals surface area (Å²) in [7, 11) is -4.12. The van der Waals surface area contributed by atoms with Gasteiger partial charge in [0.1, 0.15) is 5.75 Å². The molecule has 1 N–H and O–H groups in total. The second kappa shape index (κ2) is 11.2. The molecule has 0 radical (unpaired) electrons. The molecular formula is C26H26F3N3O4S. The van der Waals surface area contributed by atoms with Crippen LogP contribution in [0.25, 0.3) is 0 Å². The zero-order chi connectivity index (χ0) is 26.5. The Morgan fingerprint density at radius 3 is 2.22 bits per heavy atom. The third-order valence-electron chi connectivity index (χ3n) is 5.91. The van der Waals surface area contributed by atoms with Crippen LogP contribution >= 0.6 is 0 Å². The van der Waals surface area contributed by atoms with E-state index in [1.807, 2.05) is 18.2 Å². The average Bonchev–Trinajstić information content (AvgIpc) is 2.88. The van der Waals surface area contributed by atoms with Gasteiger partial charge in [-0.15, -0.1) is 0 Å². The molecule has 11 heteroatoms. The summed E-state index contributed by atoms with van der Waals surface area (Å²) in [6.07, 6.45) is -4.59. The van der Waals surface area contributed by atoms with Crippen LogP contribution in [0.2, 0.25) is 0 Å². The Labute approximate surface area is 213 Å². The first kappa shape index (κ1) is 26.5. The molecule has 1 aliphatic rings. The highest BCUT2D eigenvalue weighted by Gasteiger charge is 2.30. The van der Waals surface area contributed by atoms with Crippen molar-refractivity contribution in [3.8, 4) is 5.75 Å². The number of amides is 1. The van der Waals surface area contributed by atoms with E-state index < -0.39 is 21.8 Å². The minimum Gasteiger partial charge on any atom is -0.484 e. The number of halogens is 3. The highest BCUT2D eigenvalue weighted by molar-refractivity contribution is 7.92. The number of hydrogen-bond donors (Lipinski definition) is 1. The topological polar surface area (TPSA) is 78.9 Å². The van der Waals surface area contributed by atoms with Gasteiger partial charge in [-0.3, -0.25) is 14.4 Å². The summed E-state index contributed by atoms with van der Waals surface area (Å²) in [5, 5.41) is 0. The number of alkyl halides is 3. The molecule has 1 aliphatic heterocycles. The van der Waals surface area contributed by atoms with Gasteiger partial charge in [0, 0.05) is 38.4 Å². The van der Waals surface area contributed by atoms with Gasteiger partial charge in [-0.2, -0.15) is 13.2 Å². The SMILES string of the molecule is O=C(COc1ccc(S(=O)(=O)Nc2cccc(C(F)(F)F)c2)cc1)N1CCN(Cc2ccccc2)CC1. The number of hydrogen-bond acceptors (Lipinski definition) is 5. The number of nitrogens with zero attached hydrogens (tertiary/aromatic N) is 2. The molecule has 37 heavy (non-hydrogen) atoms. The van der Waals surface area contributed by atoms with Crippen molar-refractivity contribution in [3.63, 3.8) is 0 Å². The Balaban J connectivity index is 1.27. The van der Waals surface area contributed by atoms with E-state index in [1.165, 1.54) is 35.9 Å². The van der Waals surface area contributed by atoms with Gasteiger partial charge in [0.15, 0.2) is 6.61 Å². The highest BCUT2D eigenvalue weighted by atomic mass is 32.2. The number of rotatable bonds is 8. The summed E-state index contributed by atoms with van der Waals surface area (Å²) in [5.41, 5.74) is 0.0597. The van der Waals surface area contributed by atoms with Crippen molar-refractivity contribution in [3.05, 3.63) is 90.0 Å². The summed E-state index contributed by atoms with van der Waals surface area (Å²) in [6.45, 7) is 3.34. The minimum atomic E-state index is -4.59. The molecule has 1 amide bonds. The molecule has 0 atom stereocenters. The zero-order valence-electron chi connectivity index (χ0n) is 19.8. The van der Waals surface area contributed by atoms with Gasteiger partial charge >= 0.3 is 6.18 Å². The quantitative estimate of drug-likeness (QED) is 0.469. The smallest absolute Gasteiger partial charge is 0.416 e. The molecule has 0 aromatic heterocycles. The summed E-state index contributed by atoms with van der Waals surface area (Å²) >= 11 is 0. The van der Waals surface area contributed by atoms with Gasteiger partial charge in [0.25, 0.3) is 15.9 Å². The summed E-state index contributed by atoms with van der Waals surface area (Å²) in [5.74, 6) is 0.136. The Morgan fingerprint density at radius 2 is 1.57 bits per heavy atom. The Bertz CT molecular complexity index is 1310. The van der Waals surface area contributed by atoms with Gasteiger partial charge in [-0.1, -0.05) is 36.4 Å². The van der Waals surface area contributed by atoms with Crippen molar-refractivity contribution < 1.29 is 31.1 Å². The van der Waals surface area contributed by atoms with Crippen molar-refractivity contribution in [2.75, 3.05) is 37.5 Å². The Morgan fingerprint density at radius 1 is 0.892 bits per heavy atom. The van der Waals surface area contributed by atoms with Crippen LogP contribution in [0.5, 0.6) is 5.75 Å². The van der Waals surface area contributed by atoms with E-state index in [-0.39, 0.29) is 23.1 Å². The number of carbonyl (C=O) groups excluding carboxylic acids is 1. The van der Waals surface area contributed by atoms with Crippen LogP contribution in [-0.4, -0.2) is 56.9 Å². The Kier molecular flexibility index (Phi) is 8.03. The number of nitrogens with one attached hydrogen (secondary N) is 1. The number of anilines is 1. The first-order chi connectivity index (χ1) is 17.6. The first-order valence-corrected chi connectivity index (χ1v) is 13.1. The lowest BCUT2D eigenvalue weighted by Gasteiger charge is -2.34. The summed E-state index contributed by atoms with van der Waals surface area (Å²) in [4.78, 5) is 16.4. The lowest BCUT2D eigenvalue weighted by molar-refractivity contribution is -0.137. The first-order valence-electron chi connectivity index (χ1n) is 11.6. The number of sulfonamides is 1. The fraction of sp³-hybridized carbons (Fsp3) is 0.269. The standard InChI is InChI=1S/C26H26F3N3O4S/c27-26(28,29)21-7-4-8-22(17-21)30-37(34,35)24-11-9-23(10-12-24)36-19-25(33)32-15-13-31(14-16-32)18-20-5-2-1-3-6-20/h1-12,17,30H,13-16,18-19H2. The van der Waals surface area contributed by atoms with Crippen molar-refractivity contribution in [1.82, 2.24) is 9.80 Å².